The van der Waals surface area contributed by atoms with E-state index in [9.17, 15) is 0 Å². The Hall–Kier alpha value is -1.07. The Morgan fingerprint density at radius 3 is 2.74 bits per heavy atom. The van der Waals surface area contributed by atoms with Crippen LogP contribution in [0.3, 0.4) is 0 Å². The minimum atomic E-state index is 0.515. The van der Waals surface area contributed by atoms with Crippen molar-refractivity contribution in [3.05, 3.63) is 12.2 Å². The molecule has 0 aromatic rings. The Balaban J connectivity index is 1.71. The van der Waals surface area contributed by atoms with Crippen molar-refractivity contribution in [3.8, 4) is 0 Å². The van der Waals surface area contributed by atoms with E-state index >= 15 is 0 Å². The van der Waals surface area contributed by atoms with Crippen molar-refractivity contribution in [1.29, 1.82) is 0 Å². The van der Waals surface area contributed by atoms with Crippen molar-refractivity contribution in [1.82, 2.24) is 15.5 Å². The maximum Gasteiger partial charge on any atom is 0.191 e. The molecule has 2 N–H and O–H groups in total. The van der Waals surface area contributed by atoms with Gasteiger partial charge in [-0.05, 0) is 19.8 Å². The first kappa shape index (κ1) is 14.3. The first-order valence-corrected chi connectivity index (χ1v) is 7.38. The lowest BCUT2D eigenvalue weighted by Gasteiger charge is -2.26. The van der Waals surface area contributed by atoms with E-state index in [0.29, 0.717) is 6.04 Å². The van der Waals surface area contributed by atoms with Gasteiger partial charge in [0.2, 0.25) is 0 Å². The molecule has 108 valence electrons. The van der Waals surface area contributed by atoms with Gasteiger partial charge in [0.25, 0.3) is 0 Å². The lowest BCUT2D eigenvalue weighted by Crippen LogP contribution is -2.43. The molecule has 0 radical (unpaired) electrons. The maximum atomic E-state index is 5.35. The summed E-state index contributed by atoms with van der Waals surface area (Å²) in [6.07, 6.45) is 6.67. The van der Waals surface area contributed by atoms with Crippen LogP contribution in [0.25, 0.3) is 0 Å². The monoisotopic (exact) mass is 266 g/mol. The fourth-order valence-corrected chi connectivity index (χ4v) is 2.38. The zero-order chi connectivity index (χ0) is 13.3. The average molecular weight is 266 g/mol. The average Bonchev–Trinajstić information content (AvgIpc) is 2.93. The second-order valence-corrected chi connectivity index (χ2v) is 5.00. The van der Waals surface area contributed by atoms with Crippen molar-refractivity contribution >= 4 is 5.96 Å². The van der Waals surface area contributed by atoms with Gasteiger partial charge < -0.3 is 15.4 Å². The van der Waals surface area contributed by atoms with Crippen LogP contribution in [-0.2, 0) is 4.74 Å². The zero-order valence-corrected chi connectivity index (χ0v) is 11.9. The van der Waals surface area contributed by atoms with Crippen LogP contribution in [0.4, 0.5) is 0 Å². The van der Waals surface area contributed by atoms with Crippen LogP contribution < -0.4 is 10.6 Å². The van der Waals surface area contributed by atoms with Gasteiger partial charge in [0.1, 0.15) is 0 Å². The number of nitrogens with zero attached hydrogens (tertiary/aromatic N) is 2. The summed E-state index contributed by atoms with van der Waals surface area (Å²) < 4.78 is 5.35. The molecular formula is C14H26N4O. The third kappa shape index (κ3) is 5.20. The molecule has 1 heterocycles. The van der Waals surface area contributed by atoms with E-state index in [1.807, 2.05) is 0 Å². The Labute approximate surface area is 116 Å². The van der Waals surface area contributed by atoms with E-state index in [4.69, 9.17) is 4.74 Å². The van der Waals surface area contributed by atoms with Crippen LogP contribution in [0, 0.1) is 0 Å². The van der Waals surface area contributed by atoms with Gasteiger partial charge in [-0.3, -0.25) is 9.89 Å². The zero-order valence-electron chi connectivity index (χ0n) is 11.9. The molecule has 0 aromatic carbocycles. The van der Waals surface area contributed by atoms with Gasteiger partial charge in [0, 0.05) is 32.2 Å². The molecule has 0 atom stereocenters. The molecular weight excluding hydrogens is 240 g/mol. The van der Waals surface area contributed by atoms with E-state index in [1.165, 1.54) is 0 Å². The number of ether oxygens (including phenoxy) is 1. The van der Waals surface area contributed by atoms with Crippen molar-refractivity contribution in [3.63, 3.8) is 0 Å². The summed E-state index contributed by atoms with van der Waals surface area (Å²) in [5.41, 5.74) is 0. The molecule has 19 heavy (non-hydrogen) atoms. The highest BCUT2D eigenvalue weighted by molar-refractivity contribution is 5.80. The molecule has 0 bridgehead atoms. The van der Waals surface area contributed by atoms with E-state index in [2.05, 4.69) is 39.6 Å². The van der Waals surface area contributed by atoms with Crippen molar-refractivity contribution < 1.29 is 4.74 Å². The number of hydrogen-bond acceptors (Lipinski definition) is 3. The number of hydrogen-bond donors (Lipinski definition) is 2. The molecule has 1 aliphatic carbocycles. The Morgan fingerprint density at radius 2 is 2.05 bits per heavy atom. The van der Waals surface area contributed by atoms with Crippen LogP contribution in [0.15, 0.2) is 17.1 Å². The SMILES string of the molecule is CCNC(=NCCN1CCOCC1)NC1CC=CC1. The highest BCUT2D eigenvalue weighted by atomic mass is 16.5. The van der Waals surface area contributed by atoms with Crippen LogP contribution in [0.1, 0.15) is 19.8 Å². The lowest BCUT2D eigenvalue weighted by atomic mass is 10.2. The Kier molecular flexibility index (Phi) is 6.17. The molecule has 2 aliphatic rings. The summed E-state index contributed by atoms with van der Waals surface area (Å²) in [5, 5.41) is 6.80. The quantitative estimate of drug-likeness (QED) is 0.434. The Morgan fingerprint density at radius 1 is 1.32 bits per heavy atom. The number of guanidine groups is 1. The topological polar surface area (TPSA) is 48.9 Å². The predicted octanol–water partition coefficient (Wildman–Crippen LogP) is 0.592. The van der Waals surface area contributed by atoms with Gasteiger partial charge in [-0.2, -0.15) is 0 Å². The predicted molar refractivity (Wildman–Crippen MR) is 78.5 cm³/mol. The second kappa shape index (κ2) is 8.17. The van der Waals surface area contributed by atoms with Crippen molar-refractivity contribution in [2.75, 3.05) is 45.9 Å². The summed E-state index contributed by atoms with van der Waals surface area (Å²) in [6, 6.07) is 0.515. The molecule has 0 spiro atoms. The van der Waals surface area contributed by atoms with E-state index < -0.39 is 0 Å². The second-order valence-electron chi connectivity index (χ2n) is 5.00. The summed E-state index contributed by atoms with van der Waals surface area (Å²) in [6.45, 7) is 8.65. The van der Waals surface area contributed by atoms with Crippen LogP contribution >= 0.6 is 0 Å². The summed E-state index contributed by atoms with van der Waals surface area (Å²) in [7, 11) is 0. The van der Waals surface area contributed by atoms with Crippen LogP contribution in [0.2, 0.25) is 0 Å². The molecule has 0 unspecified atom stereocenters. The first-order chi connectivity index (χ1) is 9.38. The third-order valence-electron chi connectivity index (χ3n) is 3.48. The van der Waals surface area contributed by atoms with Crippen LogP contribution in [0.5, 0.6) is 0 Å². The summed E-state index contributed by atoms with van der Waals surface area (Å²) in [4.78, 5) is 7.07. The smallest absolute Gasteiger partial charge is 0.191 e. The number of morpholine rings is 1. The summed E-state index contributed by atoms with van der Waals surface area (Å²) in [5.74, 6) is 0.949. The largest absolute Gasteiger partial charge is 0.379 e. The summed E-state index contributed by atoms with van der Waals surface area (Å²) >= 11 is 0. The van der Waals surface area contributed by atoms with E-state index in [1.54, 1.807) is 0 Å². The molecule has 0 saturated carbocycles. The number of aliphatic imine (C=N–C) groups is 1. The first-order valence-electron chi connectivity index (χ1n) is 7.38. The Bertz CT molecular complexity index is 303. The minimum absolute atomic E-state index is 0.515. The molecule has 1 saturated heterocycles. The molecule has 0 amide bonds. The lowest BCUT2D eigenvalue weighted by molar-refractivity contribution is 0.0394. The molecule has 2 rings (SSSR count). The van der Waals surface area contributed by atoms with Gasteiger partial charge >= 0.3 is 0 Å². The van der Waals surface area contributed by atoms with Gasteiger partial charge in [0.15, 0.2) is 5.96 Å². The molecule has 5 nitrogen and oxygen atoms in total. The number of nitrogens with one attached hydrogen (secondary N) is 2. The maximum absolute atomic E-state index is 5.35. The highest BCUT2D eigenvalue weighted by Crippen LogP contribution is 2.08. The fourth-order valence-electron chi connectivity index (χ4n) is 2.38. The van der Waals surface area contributed by atoms with Crippen LogP contribution in [-0.4, -0.2) is 62.8 Å². The minimum Gasteiger partial charge on any atom is -0.379 e. The van der Waals surface area contributed by atoms with Gasteiger partial charge in [-0.25, -0.2) is 0 Å². The molecule has 5 heteroatoms. The number of rotatable bonds is 5. The molecule has 0 aromatic heterocycles. The normalized spacial score (nSPS) is 21.8. The van der Waals surface area contributed by atoms with E-state index in [-0.39, 0.29) is 0 Å². The van der Waals surface area contributed by atoms with Crippen molar-refractivity contribution in [2.24, 2.45) is 4.99 Å². The van der Waals surface area contributed by atoms with Crippen molar-refractivity contribution in [2.45, 2.75) is 25.8 Å². The van der Waals surface area contributed by atoms with Gasteiger partial charge in [0.05, 0.1) is 19.8 Å². The van der Waals surface area contributed by atoms with E-state index in [0.717, 1.165) is 64.7 Å². The highest BCUT2D eigenvalue weighted by Gasteiger charge is 2.12. The third-order valence-corrected chi connectivity index (χ3v) is 3.48. The van der Waals surface area contributed by atoms with Gasteiger partial charge in [-0.1, -0.05) is 12.2 Å². The standard InChI is InChI=1S/C14H26N4O/c1-2-15-14(17-13-5-3-4-6-13)16-7-8-18-9-11-19-12-10-18/h3-4,13H,2,5-12H2,1H3,(H2,15,16,17). The van der Waals surface area contributed by atoms with Gasteiger partial charge in [-0.15, -0.1) is 0 Å². The fraction of sp³-hybridized carbons (Fsp3) is 0.786. The molecule has 1 aliphatic heterocycles. The molecule has 1 fully saturated rings.